The molecule has 0 aromatic rings. The van der Waals surface area contributed by atoms with E-state index in [1.165, 1.54) is 4.90 Å². The highest BCUT2D eigenvalue weighted by molar-refractivity contribution is 6.80. The van der Waals surface area contributed by atoms with E-state index in [1.807, 2.05) is 0 Å². The van der Waals surface area contributed by atoms with Gasteiger partial charge in [-0.15, -0.1) is 0 Å². The van der Waals surface area contributed by atoms with Crippen molar-refractivity contribution in [1.82, 2.24) is 4.90 Å². The van der Waals surface area contributed by atoms with Gasteiger partial charge >= 0.3 is 35.4 Å². The lowest BCUT2D eigenvalue weighted by atomic mass is 9.89. The maximum atomic E-state index is 12.1. The Bertz CT molecular complexity index is 678. The summed E-state index contributed by atoms with van der Waals surface area (Å²) in [5.41, 5.74) is 0. The number of piperidine rings is 1. The second kappa shape index (κ2) is 12.3. The molecule has 0 aromatic heterocycles. The summed E-state index contributed by atoms with van der Waals surface area (Å²) < 4.78 is 77.4. The normalized spacial score (nSPS) is 19.6. The summed E-state index contributed by atoms with van der Waals surface area (Å²) in [6.07, 6.45) is -2.39. The fourth-order valence-electron chi connectivity index (χ4n) is 3.57. The predicted octanol–water partition coefficient (Wildman–Crippen LogP) is 3.52. The third-order valence-electron chi connectivity index (χ3n) is 4.82. The Balaban J connectivity index is 0.000000396. The van der Waals surface area contributed by atoms with Crippen LogP contribution in [0.15, 0.2) is 0 Å². The number of carbonyl (C=O) groups excluding carboxylic acids is 4. The summed E-state index contributed by atoms with van der Waals surface area (Å²) in [5, 5.41) is -1.57. The molecular weight excluding hydrogens is 476 g/mol. The van der Waals surface area contributed by atoms with Gasteiger partial charge in [0.1, 0.15) is 0 Å². The summed E-state index contributed by atoms with van der Waals surface area (Å²) in [4.78, 5) is 44.8. The van der Waals surface area contributed by atoms with Crippen LogP contribution in [0.4, 0.5) is 26.3 Å². The van der Waals surface area contributed by atoms with Crippen LogP contribution in [0.5, 0.6) is 0 Å². The number of halogens is 7. The highest BCUT2D eigenvalue weighted by Crippen LogP contribution is 2.35. The fraction of sp³-hybridized carbons (Fsp3) is 0.778. The van der Waals surface area contributed by atoms with Crippen molar-refractivity contribution in [3.63, 3.8) is 0 Å². The van der Waals surface area contributed by atoms with Crippen molar-refractivity contribution < 1.29 is 55.0 Å². The van der Waals surface area contributed by atoms with E-state index in [-0.39, 0.29) is 6.04 Å². The van der Waals surface area contributed by atoms with Crippen molar-refractivity contribution >= 4 is 34.7 Å². The minimum absolute atomic E-state index is 0.0211. The highest BCUT2D eigenvalue weighted by atomic mass is 35.5. The molecule has 1 amide bonds. The number of hydrogen-bond donors (Lipinski definition) is 0. The van der Waals surface area contributed by atoms with E-state index in [0.29, 0.717) is 12.5 Å². The lowest BCUT2D eigenvalue weighted by Gasteiger charge is -2.38. The van der Waals surface area contributed by atoms with Crippen LogP contribution >= 0.6 is 11.6 Å². The van der Waals surface area contributed by atoms with Crippen molar-refractivity contribution in [3.05, 3.63) is 0 Å². The standard InChI is InChI=1S/C14H20F3NO3.C4H2ClF3O3/c15-14(16,17)9-21-13(20)12(19)18-8-4-3-7-11(18)10-5-1-2-6-10;5-2(9)3(10)11-1-4(6,7)8/h10-11H,1-9H2;1H2. The average Bonchev–Trinajstić information content (AvgIpc) is 3.23. The highest BCUT2D eigenvalue weighted by Gasteiger charge is 2.38. The van der Waals surface area contributed by atoms with Gasteiger partial charge in [0, 0.05) is 12.6 Å². The molecule has 1 aliphatic carbocycles. The summed E-state index contributed by atoms with van der Waals surface area (Å²) in [6, 6.07) is -0.0211. The number of amides is 1. The molecule has 1 saturated heterocycles. The molecule has 0 spiro atoms. The van der Waals surface area contributed by atoms with Crippen LogP contribution in [0.2, 0.25) is 0 Å². The quantitative estimate of drug-likeness (QED) is 0.255. The van der Waals surface area contributed by atoms with E-state index in [4.69, 9.17) is 0 Å². The number of alkyl halides is 6. The second-order valence-corrected chi connectivity index (χ2v) is 7.61. The zero-order valence-corrected chi connectivity index (χ0v) is 17.5. The van der Waals surface area contributed by atoms with Crippen LogP contribution in [-0.4, -0.2) is 66.1 Å². The Morgan fingerprint density at radius 1 is 0.781 bits per heavy atom. The third-order valence-corrected chi connectivity index (χ3v) is 4.98. The molecule has 2 rings (SSSR count). The number of hydrogen-bond acceptors (Lipinski definition) is 6. The van der Waals surface area contributed by atoms with E-state index in [0.717, 1.165) is 44.9 Å². The van der Waals surface area contributed by atoms with Gasteiger partial charge in [-0.05, 0) is 49.6 Å². The number of nitrogens with zero attached hydrogens (tertiary/aromatic N) is 1. The molecule has 32 heavy (non-hydrogen) atoms. The number of ether oxygens (including phenoxy) is 2. The SMILES string of the molecule is O=C(Cl)C(=O)OCC(F)(F)F.O=C(OCC(F)(F)F)C(=O)N1CCCCC1C1CCCC1. The van der Waals surface area contributed by atoms with Gasteiger partial charge in [0.15, 0.2) is 13.2 Å². The van der Waals surface area contributed by atoms with Gasteiger partial charge in [-0.2, -0.15) is 26.3 Å². The van der Waals surface area contributed by atoms with Crippen LogP contribution in [0.25, 0.3) is 0 Å². The lowest BCUT2D eigenvalue weighted by molar-refractivity contribution is -0.190. The Morgan fingerprint density at radius 3 is 1.72 bits per heavy atom. The summed E-state index contributed by atoms with van der Waals surface area (Å²) in [7, 11) is 0. The number of esters is 2. The van der Waals surface area contributed by atoms with Gasteiger partial charge in [-0.25, -0.2) is 9.59 Å². The molecule has 2 fully saturated rings. The van der Waals surface area contributed by atoms with Gasteiger partial charge in [-0.3, -0.25) is 9.59 Å². The van der Waals surface area contributed by atoms with Crippen molar-refractivity contribution in [3.8, 4) is 0 Å². The molecule has 1 atom stereocenters. The van der Waals surface area contributed by atoms with E-state index in [1.54, 1.807) is 0 Å². The van der Waals surface area contributed by atoms with E-state index >= 15 is 0 Å². The van der Waals surface area contributed by atoms with Crippen molar-refractivity contribution in [2.45, 2.75) is 63.3 Å². The Kier molecular flexibility index (Phi) is 10.7. The van der Waals surface area contributed by atoms with Crippen LogP contribution in [-0.2, 0) is 28.7 Å². The maximum Gasteiger partial charge on any atom is 0.422 e. The van der Waals surface area contributed by atoms with Crippen LogP contribution < -0.4 is 0 Å². The molecule has 14 heteroatoms. The van der Waals surface area contributed by atoms with Crippen LogP contribution in [0, 0.1) is 5.92 Å². The molecule has 184 valence electrons. The predicted molar refractivity (Wildman–Crippen MR) is 96.2 cm³/mol. The minimum atomic E-state index is -4.64. The van der Waals surface area contributed by atoms with Crippen molar-refractivity contribution in [2.24, 2.45) is 5.92 Å². The average molecular weight is 498 g/mol. The smallest absolute Gasteiger partial charge is 0.422 e. The van der Waals surface area contributed by atoms with Crippen LogP contribution in [0.1, 0.15) is 44.9 Å². The van der Waals surface area contributed by atoms with E-state index in [2.05, 4.69) is 21.1 Å². The van der Waals surface area contributed by atoms with Gasteiger partial charge in [-0.1, -0.05) is 12.8 Å². The first-order valence-corrected chi connectivity index (χ1v) is 10.1. The largest absolute Gasteiger partial charge is 0.449 e. The van der Waals surface area contributed by atoms with Gasteiger partial charge in [0.2, 0.25) is 0 Å². The molecule has 1 saturated carbocycles. The molecule has 1 aliphatic heterocycles. The number of carbonyl (C=O) groups is 4. The number of likely N-dealkylation sites (tertiary alicyclic amines) is 1. The molecule has 0 aromatic carbocycles. The summed E-state index contributed by atoms with van der Waals surface area (Å²) >= 11 is 4.48. The molecule has 0 N–H and O–H groups in total. The molecular formula is C18H22ClF6NO6. The Hall–Kier alpha value is -2.05. The molecule has 1 heterocycles. The van der Waals surface area contributed by atoms with Gasteiger partial charge in [0.25, 0.3) is 0 Å². The second-order valence-electron chi connectivity index (χ2n) is 7.26. The van der Waals surface area contributed by atoms with Crippen molar-refractivity contribution in [1.29, 1.82) is 0 Å². The summed E-state index contributed by atoms with van der Waals surface area (Å²) in [5.74, 6) is -3.65. The molecule has 0 bridgehead atoms. The van der Waals surface area contributed by atoms with Gasteiger partial charge < -0.3 is 14.4 Å². The number of rotatable bonds is 4. The molecule has 1 unspecified atom stereocenters. The molecule has 2 aliphatic rings. The Labute approximate surface area is 184 Å². The zero-order chi connectivity index (χ0) is 24.5. The third kappa shape index (κ3) is 10.5. The van der Waals surface area contributed by atoms with E-state index in [9.17, 15) is 45.5 Å². The molecule has 7 nitrogen and oxygen atoms in total. The van der Waals surface area contributed by atoms with Gasteiger partial charge in [0.05, 0.1) is 0 Å². The monoisotopic (exact) mass is 497 g/mol. The molecule has 0 radical (unpaired) electrons. The first-order chi connectivity index (χ1) is 14.7. The minimum Gasteiger partial charge on any atom is -0.449 e. The first kappa shape index (κ1) is 28.0. The lowest BCUT2D eigenvalue weighted by Crippen LogP contribution is -2.50. The van der Waals surface area contributed by atoms with Crippen LogP contribution in [0.3, 0.4) is 0 Å². The maximum absolute atomic E-state index is 12.1. The summed E-state index contributed by atoms with van der Waals surface area (Å²) in [6.45, 7) is -3.08. The first-order valence-electron chi connectivity index (χ1n) is 9.69. The van der Waals surface area contributed by atoms with Crippen molar-refractivity contribution in [2.75, 3.05) is 19.8 Å². The fourth-order valence-corrected chi connectivity index (χ4v) is 3.63. The van der Waals surface area contributed by atoms with E-state index < -0.39 is 48.7 Å². The zero-order valence-electron chi connectivity index (χ0n) is 16.8. The topological polar surface area (TPSA) is 90.0 Å². The Morgan fingerprint density at radius 2 is 1.25 bits per heavy atom.